The summed E-state index contributed by atoms with van der Waals surface area (Å²) in [6.07, 6.45) is 1.44. The lowest BCUT2D eigenvalue weighted by atomic mass is 10.0. The zero-order chi connectivity index (χ0) is 12.1. The van der Waals surface area contributed by atoms with E-state index in [1.54, 1.807) is 4.90 Å². The molecule has 92 valence electrons. The fraction of sp³-hybridized carbons (Fsp3) is 0.462. The van der Waals surface area contributed by atoms with Gasteiger partial charge in [-0.3, -0.25) is 0 Å². The van der Waals surface area contributed by atoms with Crippen LogP contribution < -0.4 is 5.73 Å². The molecule has 0 aromatic heterocycles. The molecule has 1 aliphatic heterocycles. The fourth-order valence-corrected chi connectivity index (χ4v) is 2.11. The number of rotatable bonds is 4. The molecule has 1 aromatic carbocycles. The van der Waals surface area contributed by atoms with E-state index in [0.717, 1.165) is 19.4 Å². The minimum atomic E-state index is -0.234. The average Bonchev–Trinajstić information content (AvgIpc) is 2.38. The topological polar surface area (TPSA) is 55.6 Å². The molecule has 0 aliphatic carbocycles. The summed E-state index contributed by atoms with van der Waals surface area (Å²) in [5.41, 5.74) is 6.96. The van der Waals surface area contributed by atoms with E-state index in [9.17, 15) is 4.79 Å². The van der Waals surface area contributed by atoms with Crippen molar-refractivity contribution in [2.45, 2.75) is 18.9 Å². The van der Waals surface area contributed by atoms with Crippen molar-refractivity contribution in [2.24, 2.45) is 5.73 Å². The van der Waals surface area contributed by atoms with Gasteiger partial charge in [0.25, 0.3) is 0 Å². The van der Waals surface area contributed by atoms with Crippen LogP contribution in [0.5, 0.6) is 0 Å². The Labute approximate surface area is 101 Å². The first kappa shape index (κ1) is 11.9. The largest absolute Gasteiger partial charge is 0.449 e. The number of carbonyl (C=O) groups is 1. The highest BCUT2D eigenvalue weighted by Crippen LogP contribution is 2.13. The normalized spacial score (nSPS) is 17.7. The number of amides is 1. The van der Waals surface area contributed by atoms with Crippen molar-refractivity contribution in [1.29, 1.82) is 0 Å². The van der Waals surface area contributed by atoms with E-state index in [4.69, 9.17) is 10.5 Å². The zero-order valence-corrected chi connectivity index (χ0v) is 9.84. The number of ether oxygens (including phenoxy) is 1. The quantitative estimate of drug-likeness (QED) is 0.856. The van der Waals surface area contributed by atoms with Crippen molar-refractivity contribution in [2.75, 3.05) is 19.7 Å². The molecular weight excluding hydrogens is 216 g/mol. The van der Waals surface area contributed by atoms with Crippen LogP contribution >= 0.6 is 0 Å². The molecule has 1 saturated heterocycles. The maximum atomic E-state index is 11.6. The minimum absolute atomic E-state index is 0.0326. The second-order valence-electron chi connectivity index (χ2n) is 4.24. The summed E-state index contributed by atoms with van der Waals surface area (Å²) in [6.45, 7) is 1.73. The Hall–Kier alpha value is -1.55. The highest BCUT2D eigenvalue weighted by molar-refractivity contribution is 5.68. The molecule has 0 bridgehead atoms. The molecule has 1 amide bonds. The molecule has 2 rings (SSSR count). The van der Waals surface area contributed by atoms with E-state index in [-0.39, 0.29) is 12.1 Å². The Balaban J connectivity index is 2.03. The molecule has 1 unspecified atom stereocenters. The average molecular weight is 234 g/mol. The molecule has 17 heavy (non-hydrogen) atoms. The van der Waals surface area contributed by atoms with Crippen LogP contribution in [0.4, 0.5) is 4.79 Å². The summed E-state index contributed by atoms with van der Waals surface area (Å²) >= 11 is 0. The molecule has 1 aliphatic rings. The van der Waals surface area contributed by atoms with Crippen LogP contribution in [0.1, 0.15) is 12.0 Å². The summed E-state index contributed by atoms with van der Waals surface area (Å²) in [6, 6.07) is 10.1. The van der Waals surface area contributed by atoms with Crippen molar-refractivity contribution in [3.8, 4) is 0 Å². The number of benzene rings is 1. The molecule has 4 heteroatoms. The third-order valence-corrected chi connectivity index (χ3v) is 3.03. The van der Waals surface area contributed by atoms with Crippen molar-refractivity contribution in [1.82, 2.24) is 4.90 Å². The number of carbonyl (C=O) groups excluding carboxylic acids is 1. The second kappa shape index (κ2) is 5.68. The summed E-state index contributed by atoms with van der Waals surface area (Å²) in [7, 11) is 0. The van der Waals surface area contributed by atoms with Crippen LogP contribution in [-0.2, 0) is 11.2 Å². The van der Waals surface area contributed by atoms with E-state index in [0.29, 0.717) is 13.2 Å². The molecule has 0 spiro atoms. The van der Waals surface area contributed by atoms with E-state index < -0.39 is 0 Å². The highest BCUT2D eigenvalue weighted by Gasteiger charge is 2.26. The Kier molecular flexibility index (Phi) is 3.98. The number of cyclic esters (lactones) is 1. The van der Waals surface area contributed by atoms with Crippen LogP contribution in [0.25, 0.3) is 0 Å². The number of hydrogen-bond acceptors (Lipinski definition) is 3. The predicted molar refractivity (Wildman–Crippen MR) is 65.7 cm³/mol. The van der Waals surface area contributed by atoms with Crippen LogP contribution in [0, 0.1) is 0 Å². The second-order valence-corrected chi connectivity index (χ2v) is 4.24. The van der Waals surface area contributed by atoms with Crippen molar-refractivity contribution < 1.29 is 9.53 Å². The Morgan fingerprint density at radius 2 is 2.12 bits per heavy atom. The van der Waals surface area contributed by atoms with Crippen molar-refractivity contribution in [3.63, 3.8) is 0 Å². The van der Waals surface area contributed by atoms with Gasteiger partial charge >= 0.3 is 6.09 Å². The number of nitrogens with zero attached hydrogens (tertiary/aromatic N) is 1. The summed E-state index contributed by atoms with van der Waals surface area (Å²) < 4.78 is 5.04. The molecule has 1 aromatic rings. The van der Waals surface area contributed by atoms with E-state index in [1.165, 1.54) is 5.56 Å². The third-order valence-electron chi connectivity index (χ3n) is 3.03. The van der Waals surface area contributed by atoms with Gasteiger partial charge in [0, 0.05) is 13.1 Å². The number of nitrogens with two attached hydrogens (primary N) is 1. The molecule has 1 fully saturated rings. The van der Waals surface area contributed by atoms with Gasteiger partial charge in [0.15, 0.2) is 0 Å². The summed E-state index contributed by atoms with van der Waals surface area (Å²) in [5.74, 6) is 0. The molecule has 0 saturated carbocycles. The fourth-order valence-electron chi connectivity index (χ4n) is 2.11. The molecular formula is C13H18N2O2. The Morgan fingerprint density at radius 3 is 2.76 bits per heavy atom. The van der Waals surface area contributed by atoms with Gasteiger partial charge < -0.3 is 15.4 Å². The van der Waals surface area contributed by atoms with Gasteiger partial charge in [-0.2, -0.15) is 0 Å². The first-order valence-corrected chi connectivity index (χ1v) is 5.98. The van der Waals surface area contributed by atoms with Gasteiger partial charge in [0.1, 0.15) is 0 Å². The summed E-state index contributed by atoms with van der Waals surface area (Å²) in [4.78, 5) is 13.4. The van der Waals surface area contributed by atoms with Crippen molar-refractivity contribution in [3.05, 3.63) is 35.9 Å². The molecule has 1 heterocycles. The maximum Gasteiger partial charge on any atom is 0.410 e. The van der Waals surface area contributed by atoms with Gasteiger partial charge in [-0.25, -0.2) is 4.79 Å². The van der Waals surface area contributed by atoms with Gasteiger partial charge in [-0.1, -0.05) is 30.3 Å². The maximum absolute atomic E-state index is 11.6. The SMILES string of the molecule is NCC(Cc1ccccc1)N1CCCOC1=O. The zero-order valence-electron chi connectivity index (χ0n) is 9.84. The van der Waals surface area contributed by atoms with Crippen LogP contribution in [0.3, 0.4) is 0 Å². The van der Waals surface area contributed by atoms with Crippen LogP contribution in [-0.4, -0.2) is 36.7 Å². The van der Waals surface area contributed by atoms with Gasteiger partial charge in [-0.05, 0) is 18.4 Å². The standard InChI is InChI=1S/C13H18N2O2/c14-10-12(9-11-5-2-1-3-6-11)15-7-4-8-17-13(15)16/h1-3,5-6,12H,4,7-10,14H2. The van der Waals surface area contributed by atoms with E-state index in [2.05, 4.69) is 12.1 Å². The van der Waals surface area contributed by atoms with E-state index >= 15 is 0 Å². The van der Waals surface area contributed by atoms with Crippen LogP contribution in [0.15, 0.2) is 30.3 Å². The highest BCUT2D eigenvalue weighted by atomic mass is 16.6. The van der Waals surface area contributed by atoms with Crippen molar-refractivity contribution >= 4 is 6.09 Å². The smallest absolute Gasteiger partial charge is 0.410 e. The monoisotopic (exact) mass is 234 g/mol. The number of hydrogen-bond donors (Lipinski definition) is 1. The third kappa shape index (κ3) is 2.97. The molecule has 4 nitrogen and oxygen atoms in total. The lowest BCUT2D eigenvalue weighted by molar-refractivity contribution is 0.0564. The van der Waals surface area contributed by atoms with Crippen LogP contribution in [0.2, 0.25) is 0 Å². The summed E-state index contributed by atoms with van der Waals surface area (Å²) in [5, 5.41) is 0. The van der Waals surface area contributed by atoms with Gasteiger partial charge in [0.05, 0.1) is 12.6 Å². The lowest BCUT2D eigenvalue weighted by Crippen LogP contribution is -2.49. The predicted octanol–water partition coefficient (Wildman–Crippen LogP) is 1.40. The first-order chi connectivity index (χ1) is 8.31. The molecule has 0 radical (unpaired) electrons. The van der Waals surface area contributed by atoms with Gasteiger partial charge in [-0.15, -0.1) is 0 Å². The lowest BCUT2D eigenvalue weighted by Gasteiger charge is -2.33. The first-order valence-electron chi connectivity index (χ1n) is 5.98. The van der Waals surface area contributed by atoms with Gasteiger partial charge in [0.2, 0.25) is 0 Å². The Morgan fingerprint density at radius 1 is 1.35 bits per heavy atom. The van der Waals surface area contributed by atoms with E-state index in [1.807, 2.05) is 18.2 Å². The Bertz CT molecular complexity index is 367. The molecule has 1 atom stereocenters. The minimum Gasteiger partial charge on any atom is -0.449 e. The molecule has 2 N–H and O–H groups in total.